The molecule has 114 valence electrons. The Morgan fingerprint density at radius 2 is 2.33 bits per heavy atom. The van der Waals surface area contributed by atoms with E-state index in [1.54, 1.807) is 12.1 Å². The van der Waals surface area contributed by atoms with Gasteiger partial charge in [0.25, 0.3) is 5.91 Å². The molecule has 1 aliphatic heterocycles. The van der Waals surface area contributed by atoms with Crippen LogP contribution in [0, 0.1) is 17.0 Å². The van der Waals surface area contributed by atoms with Gasteiger partial charge in [-0.25, -0.2) is 5.84 Å². The van der Waals surface area contributed by atoms with Crippen LogP contribution in [0.2, 0.25) is 0 Å². The van der Waals surface area contributed by atoms with Crippen molar-refractivity contribution in [2.24, 2.45) is 5.84 Å². The summed E-state index contributed by atoms with van der Waals surface area (Å²) >= 11 is 0. The number of nitro groups is 1. The first-order valence-corrected chi connectivity index (χ1v) is 6.55. The zero-order valence-electron chi connectivity index (χ0n) is 11.6. The first-order valence-electron chi connectivity index (χ1n) is 6.55. The van der Waals surface area contributed by atoms with Gasteiger partial charge in [-0.3, -0.25) is 20.3 Å². The summed E-state index contributed by atoms with van der Waals surface area (Å²) in [6, 6.07) is 4.67. The molecule has 8 heteroatoms. The normalized spacial score (nSPS) is 21.0. The molecule has 8 nitrogen and oxygen atoms in total. The van der Waals surface area contributed by atoms with Crippen LogP contribution in [0.15, 0.2) is 18.2 Å². The maximum Gasteiger partial charge on any atom is 0.310 e. The van der Waals surface area contributed by atoms with Gasteiger partial charge >= 0.3 is 5.69 Å². The van der Waals surface area contributed by atoms with Crippen molar-refractivity contribution in [2.75, 3.05) is 6.61 Å². The Balaban J connectivity index is 1.96. The molecule has 1 aliphatic rings. The maximum atomic E-state index is 11.3. The van der Waals surface area contributed by atoms with Crippen molar-refractivity contribution in [3.8, 4) is 5.75 Å². The van der Waals surface area contributed by atoms with Gasteiger partial charge in [0.15, 0.2) is 5.75 Å². The van der Waals surface area contributed by atoms with Gasteiger partial charge in [-0.15, -0.1) is 0 Å². The van der Waals surface area contributed by atoms with Gasteiger partial charge in [-0.1, -0.05) is 6.07 Å². The molecule has 2 rings (SSSR count). The number of nitrogens with zero attached hydrogens (tertiary/aromatic N) is 1. The number of hydrogen-bond donors (Lipinski definition) is 2. The summed E-state index contributed by atoms with van der Waals surface area (Å²) in [6.45, 7) is 1.98. The quantitative estimate of drug-likeness (QED) is 0.359. The molecule has 1 aromatic rings. The highest BCUT2D eigenvalue weighted by atomic mass is 16.6. The topological polar surface area (TPSA) is 117 Å². The molecule has 0 spiro atoms. The lowest BCUT2D eigenvalue weighted by molar-refractivity contribution is -0.385. The number of hydrogen-bond acceptors (Lipinski definition) is 6. The van der Waals surface area contributed by atoms with E-state index in [0.717, 1.165) is 5.56 Å². The highest BCUT2D eigenvalue weighted by molar-refractivity contribution is 5.80. The molecular formula is C13H17N3O5. The van der Waals surface area contributed by atoms with Crippen molar-refractivity contribution in [2.45, 2.75) is 32.0 Å². The second-order valence-electron chi connectivity index (χ2n) is 4.87. The van der Waals surface area contributed by atoms with Crippen LogP contribution in [0.5, 0.6) is 5.75 Å². The summed E-state index contributed by atoms with van der Waals surface area (Å²) in [5.41, 5.74) is 2.81. The molecule has 0 aliphatic carbocycles. The smallest absolute Gasteiger partial charge is 0.310 e. The third-order valence-corrected chi connectivity index (χ3v) is 3.28. The van der Waals surface area contributed by atoms with Crippen LogP contribution in [-0.2, 0) is 9.53 Å². The molecule has 3 N–H and O–H groups in total. The minimum Gasteiger partial charge on any atom is -0.484 e. The molecule has 0 bridgehead atoms. The van der Waals surface area contributed by atoms with E-state index in [1.807, 2.05) is 12.3 Å². The summed E-state index contributed by atoms with van der Waals surface area (Å²) in [4.78, 5) is 21.8. The van der Waals surface area contributed by atoms with E-state index in [-0.39, 0.29) is 30.1 Å². The fourth-order valence-corrected chi connectivity index (χ4v) is 2.18. The number of nitrogens with two attached hydrogens (primary N) is 1. The van der Waals surface area contributed by atoms with Gasteiger partial charge in [0, 0.05) is 6.07 Å². The van der Waals surface area contributed by atoms with Crippen LogP contribution in [0.4, 0.5) is 5.69 Å². The molecule has 2 atom stereocenters. The SMILES string of the molecule is Cc1ccc([N+](=O)[O-])c(OCC2CCC(C(=O)NN)O2)c1. The maximum absolute atomic E-state index is 11.3. The molecule has 1 heterocycles. The Morgan fingerprint density at radius 1 is 1.57 bits per heavy atom. The summed E-state index contributed by atoms with van der Waals surface area (Å²) < 4.78 is 11.0. The number of carbonyl (C=O) groups excluding carboxylic acids is 1. The van der Waals surface area contributed by atoms with Crippen LogP contribution in [0.25, 0.3) is 0 Å². The molecule has 21 heavy (non-hydrogen) atoms. The fraction of sp³-hybridized carbons (Fsp3) is 0.462. The number of benzene rings is 1. The lowest BCUT2D eigenvalue weighted by Gasteiger charge is -2.14. The largest absolute Gasteiger partial charge is 0.484 e. The Kier molecular flexibility index (Phi) is 4.71. The van der Waals surface area contributed by atoms with E-state index in [0.29, 0.717) is 12.8 Å². The summed E-state index contributed by atoms with van der Waals surface area (Å²) in [5.74, 6) is 4.87. The Morgan fingerprint density at radius 3 is 3.00 bits per heavy atom. The van der Waals surface area contributed by atoms with E-state index in [1.165, 1.54) is 6.07 Å². The lowest BCUT2D eigenvalue weighted by atomic mass is 10.2. The van der Waals surface area contributed by atoms with E-state index in [2.05, 4.69) is 0 Å². The number of aryl methyl sites for hydroxylation is 1. The predicted molar refractivity (Wildman–Crippen MR) is 73.6 cm³/mol. The average Bonchev–Trinajstić information content (AvgIpc) is 2.93. The monoisotopic (exact) mass is 295 g/mol. The molecule has 0 aromatic heterocycles. The summed E-state index contributed by atoms with van der Waals surface area (Å²) in [6.07, 6.45) is 0.313. The summed E-state index contributed by atoms with van der Waals surface area (Å²) in [7, 11) is 0. The zero-order valence-corrected chi connectivity index (χ0v) is 11.6. The van der Waals surface area contributed by atoms with Crippen molar-refractivity contribution in [1.82, 2.24) is 5.43 Å². The van der Waals surface area contributed by atoms with Gasteiger partial charge in [0.05, 0.1) is 11.0 Å². The van der Waals surface area contributed by atoms with Gasteiger partial charge < -0.3 is 9.47 Å². The Bertz CT molecular complexity index is 549. The number of nitrogens with one attached hydrogen (secondary N) is 1. The summed E-state index contributed by atoms with van der Waals surface area (Å²) in [5, 5.41) is 10.9. The number of carbonyl (C=O) groups is 1. The molecular weight excluding hydrogens is 278 g/mol. The van der Waals surface area contributed by atoms with E-state index >= 15 is 0 Å². The van der Waals surface area contributed by atoms with Crippen LogP contribution >= 0.6 is 0 Å². The van der Waals surface area contributed by atoms with E-state index < -0.39 is 11.0 Å². The Hall–Kier alpha value is -2.19. The zero-order chi connectivity index (χ0) is 15.4. The van der Waals surface area contributed by atoms with E-state index in [9.17, 15) is 14.9 Å². The van der Waals surface area contributed by atoms with Crippen molar-refractivity contribution >= 4 is 11.6 Å². The predicted octanol–water partition coefficient (Wildman–Crippen LogP) is 0.820. The highest BCUT2D eigenvalue weighted by Gasteiger charge is 2.31. The average molecular weight is 295 g/mol. The second-order valence-corrected chi connectivity index (χ2v) is 4.87. The first-order chi connectivity index (χ1) is 10.0. The minimum absolute atomic E-state index is 0.0881. The van der Waals surface area contributed by atoms with Crippen molar-refractivity contribution in [3.63, 3.8) is 0 Å². The molecule has 1 saturated heterocycles. The first kappa shape index (κ1) is 15.2. The third kappa shape index (κ3) is 3.67. The van der Waals surface area contributed by atoms with Crippen LogP contribution < -0.4 is 16.0 Å². The van der Waals surface area contributed by atoms with Crippen molar-refractivity contribution in [3.05, 3.63) is 33.9 Å². The van der Waals surface area contributed by atoms with Gasteiger partial charge in [-0.2, -0.15) is 0 Å². The van der Waals surface area contributed by atoms with Crippen molar-refractivity contribution < 1.29 is 19.2 Å². The molecule has 1 fully saturated rings. The number of ether oxygens (including phenoxy) is 2. The Labute approximate surface area is 121 Å². The van der Waals surface area contributed by atoms with E-state index in [4.69, 9.17) is 15.3 Å². The fourth-order valence-electron chi connectivity index (χ4n) is 2.18. The number of nitro benzene ring substituents is 1. The second kappa shape index (κ2) is 6.51. The van der Waals surface area contributed by atoms with Gasteiger partial charge in [0.2, 0.25) is 0 Å². The van der Waals surface area contributed by atoms with Crippen molar-refractivity contribution in [1.29, 1.82) is 0 Å². The van der Waals surface area contributed by atoms with Gasteiger partial charge in [-0.05, 0) is 31.4 Å². The number of rotatable bonds is 5. The minimum atomic E-state index is -0.587. The number of hydrazine groups is 1. The highest BCUT2D eigenvalue weighted by Crippen LogP contribution is 2.29. The molecule has 0 radical (unpaired) electrons. The van der Waals surface area contributed by atoms with Crippen LogP contribution in [0.1, 0.15) is 18.4 Å². The number of amides is 1. The molecule has 2 unspecified atom stereocenters. The van der Waals surface area contributed by atoms with Crippen LogP contribution in [0.3, 0.4) is 0 Å². The molecule has 1 aromatic carbocycles. The molecule has 0 saturated carbocycles. The molecule has 1 amide bonds. The van der Waals surface area contributed by atoms with Crippen LogP contribution in [-0.4, -0.2) is 29.6 Å². The van der Waals surface area contributed by atoms with Gasteiger partial charge in [0.1, 0.15) is 12.7 Å². The third-order valence-electron chi connectivity index (χ3n) is 3.28. The lowest BCUT2D eigenvalue weighted by Crippen LogP contribution is -2.39. The standard InChI is InChI=1S/C13H17N3O5/c1-8-2-4-10(16(18)19)12(6-8)20-7-9-3-5-11(21-9)13(17)15-14/h2,4,6,9,11H,3,5,7,14H2,1H3,(H,15,17).